The van der Waals surface area contributed by atoms with Gasteiger partial charge in [-0.2, -0.15) is 0 Å². The van der Waals surface area contributed by atoms with Gasteiger partial charge >= 0.3 is 400 Å². The van der Waals surface area contributed by atoms with Gasteiger partial charge in [-0.15, -0.1) is 0 Å². The van der Waals surface area contributed by atoms with Crippen LogP contribution in [0, 0.1) is 0 Å². The number of fused-ring (bicyclic) bond motifs is 10. The molecule has 0 spiro atoms. The van der Waals surface area contributed by atoms with Crippen molar-refractivity contribution in [3.8, 4) is 17.1 Å². The van der Waals surface area contributed by atoms with Gasteiger partial charge in [-0.05, 0) is 0 Å². The molecule has 0 fully saturated rings. The van der Waals surface area contributed by atoms with Gasteiger partial charge in [0.25, 0.3) is 0 Å². The van der Waals surface area contributed by atoms with Crippen molar-refractivity contribution in [1.82, 2.24) is 9.55 Å². The molecule has 59 heavy (non-hydrogen) atoms. The third-order valence-corrected chi connectivity index (χ3v) is 18.1. The van der Waals surface area contributed by atoms with Crippen LogP contribution in [0.4, 0.5) is 0 Å². The molecule has 0 amide bonds. The van der Waals surface area contributed by atoms with Crippen molar-refractivity contribution in [2.45, 2.75) is 0 Å². The topological polar surface area (TPSA) is 17.8 Å². The molecule has 2 aliphatic heterocycles. The Labute approximate surface area is 400 Å². The van der Waals surface area contributed by atoms with E-state index in [0.29, 0.717) is 11.3 Å². The Morgan fingerprint density at radius 2 is 1.12 bits per heavy atom. The zero-order valence-electron chi connectivity index (χ0n) is 62.3. The SMILES string of the molecule is [2H]c1c([2H])c([2H])c([Si]2(c3c([2H])c([2H])c([2H])c([2H])c3[2H])c3c([2H])c([2H])c([2H])c([2H])c3B3c4c([2H])c([2H])c([2H])c([2H])c4[Se]c4c([2H])c(-c5nc(-n6c7c([2H])c([2H])c([2H])c([2H])c7c7c([2H])c([2H])c([2H])c([2H])c76)c([2H])c6c5sc5c([2H])c([2H])c([2H])c([2H])c56)c([2H])c2c43)c([2H])c1[2H]. The summed E-state index contributed by atoms with van der Waals surface area (Å²) in [6.07, 6.45) is 0. The van der Waals surface area contributed by atoms with Crippen LogP contribution in [0.3, 0.4) is 0 Å². The molecule has 2 aliphatic rings. The summed E-state index contributed by atoms with van der Waals surface area (Å²) in [5, 5.41) is -5.41. The van der Waals surface area contributed by atoms with Crippen LogP contribution in [0.5, 0.6) is 0 Å². The van der Waals surface area contributed by atoms with E-state index in [1.165, 1.54) is 0 Å². The number of thiophene rings is 1. The van der Waals surface area contributed by atoms with Crippen molar-refractivity contribution in [2.24, 2.45) is 0 Å². The fraction of sp³-hybridized carbons (Fsp3) is 0. The van der Waals surface area contributed by atoms with Crippen LogP contribution in [-0.4, -0.2) is 39.3 Å². The Balaban J connectivity index is 1.39. The number of hydrogen-bond acceptors (Lipinski definition) is 2. The third-order valence-electron chi connectivity index (χ3n) is 10.5. The number of nitrogens with zero attached hydrogens (tertiary/aromatic N) is 2. The molecule has 0 saturated heterocycles. The molecule has 0 saturated carbocycles. The zero-order chi connectivity index (χ0) is 67.4. The molecule has 11 aromatic rings. The van der Waals surface area contributed by atoms with Gasteiger partial charge in [-0.25, -0.2) is 0 Å². The minimum absolute atomic E-state index is 0.248. The summed E-state index contributed by atoms with van der Waals surface area (Å²) in [6.45, 7) is -1.98. The van der Waals surface area contributed by atoms with Crippen molar-refractivity contribution in [2.75, 3.05) is 0 Å². The molecule has 0 atom stereocenters. The second kappa shape index (κ2) is 12.9. The summed E-state index contributed by atoms with van der Waals surface area (Å²) in [6, 6.07) is -31.7. The average Bonchev–Trinajstić information content (AvgIpc) is 0.827. The van der Waals surface area contributed by atoms with Crippen LogP contribution in [0.2, 0.25) is 0 Å². The standard InChI is InChI=1S/C53H33BN2SSeSi/c1-3-17-35(18-4-1)59(36-19-5-2-6-20-36)48-30-16-11-25-42(48)54-41-24-10-15-29-46(41)58-47-31-34(32-49(59)51(47)54)52-53-40(39-23-9-14-28-45(39)57-53)33-50(55-52)56-43-26-12-7-21-37(43)38-22-8-13-27-44(38)56/h1-33H/i1D,2D,3D,4D,5D,6D,7D,8D,9D,10D,11D,12D,13D,14D,15D,16D,17D,18D,19D,20D,21D,22D,23D,24D,25D,26D,27D,28D,29D,30D,31D,32D,33D. The number of rotatable bonds is 4. The second-order valence-corrected chi connectivity index (χ2v) is 19.9. The monoisotopic (exact) mass is 881 g/mol. The number of pyridine rings is 1. The summed E-state index contributed by atoms with van der Waals surface area (Å²) in [5.74, 6) is -0.845. The van der Waals surface area contributed by atoms with Gasteiger partial charge in [0.1, 0.15) is 0 Å². The van der Waals surface area contributed by atoms with E-state index in [9.17, 15) is 31.5 Å². The Morgan fingerprint density at radius 1 is 0.525 bits per heavy atom. The molecule has 6 heteroatoms. The maximum atomic E-state index is 11.1. The number of hydrogen-bond donors (Lipinski definition) is 0. The zero-order valence-corrected chi connectivity index (χ0v) is 32.8. The van der Waals surface area contributed by atoms with Crippen LogP contribution >= 0.6 is 11.3 Å². The van der Waals surface area contributed by atoms with Crippen LogP contribution in [0.1, 0.15) is 45.2 Å². The molecule has 0 aliphatic carbocycles. The normalized spacial score (nSPS) is 21.6. The molecule has 2 nitrogen and oxygen atoms in total. The van der Waals surface area contributed by atoms with Crippen LogP contribution in [0.15, 0.2) is 199 Å². The van der Waals surface area contributed by atoms with E-state index >= 15 is 0 Å². The summed E-state index contributed by atoms with van der Waals surface area (Å²) in [7, 11) is -6.26. The van der Waals surface area contributed by atoms with Crippen molar-refractivity contribution in [3.63, 3.8) is 0 Å². The Hall–Kier alpha value is -6.27. The van der Waals surface area contributed by atoms with Gasteiger partial charge in [0, 0.05) is 0 Å². The van der Waals surface area contributed by atoms with Crippen molar-refractivity contribution >= 4 is 129 Å². The Bertz CT molecular complexity index is 5250. The van der Waals surface area contributed by atoms with Crippen molar-refractivity contribution in [3.05, 3.63) is 199 Å². The van der Waals surface area contributed by atoms with E-state index in [0.717, 1.165) is 4.57 Å². The van der Waals surface area contributed by atoms with Gasteiger partial charge in [0.2, 0.25) is 0 Å². The van der Waals surface area contributed by atoms with E-state index in [1.807, 2.05) is 0 Å². The van der Waals surface area contributed by atoms with E-state index < -0.39 is 310 Å². The van der Waals surface area contributed by atoms with E-state index in [4.69, 9.17) is 18.7 Å². The number of aromatic nitrogens is 2. The first kappa shape index (κ1) is 14.8. The van der Waals surface area contributed by atoms with E-state index in [1.54, 1.807) is 0 Å². The van der Waals surface area contributed by atoms with Gasteiger partial charge in [-0.3, -0.25) is 0 Å². The number of benzene rings is 8. The molecule has 0 radical (unpaired) electrons. The van der Waals surface area contributed by atoms with Crippen molar-refractivity contribution in [1.29, 1.82) is 0 Å². The quantitative estimate of drug-likeness (QED) is 0.188. The average molecular weight is 881 g/mol. The Kier molecular flexibility index (Phi) is 3.22. The van der Waals surface area contributed by atoms with Crippen LogP contribution < -0.4 is 46.1 Å². The van der Waals surface area contributed by atoms with E-state index in [2.05, 4.69) is 0 Å². The molecule has 274 valence electrons. The molecule has 0 N–H and O–H groups in total. The molecule has 13 rings (SSSR count). The van der Waals surface area contributed by atoms with Gasteiger partial charge in [0.05, 0.1) is 0 Å². The van der Waals surface area contributed by atoms with Gasteiger partial charge in [0.15, 0.2) is 0 Å². The molecule has 3 aromatic heterocycles. The van der Waals surface area contributed by atoms with Gasteiger partial charge in [-0.1, -0.05) is 0 Å². The van der Waals surface area contributed by atoms with Crippen LogP contribution in [0.25, 0.3) is 59.1 Å². The third kappa shape index (κ3) is 4.71. The number of para-hydroxylation sites is 2. The fourth-order valence-corrected chi connectivity index (χ4v) is 16.0. The molecule has 0 bridgehead atoms. The molecule has 0 unspecified atom stereocenters. The predicted molar refractivity (Wildman–Crippen MR) is 257 cm³/mol. The molecule has 5 heterocycles. The van der Waals surface area contributed by atoms with E-state index in [-0.39, 0.29) is 23.8 Å². The predicted octanol–water partition coefficient (Wildman–Crippen LogP) is 6.39. The van der Waals surface area contributed by atoms with Crippen LogP contribution in [-0.2, 0) is 0 Å². The first-order valence-electron chi connectivity index (χ1n) is 34.1. The summed E-state index contributed by atoms with van der Waals surface area (Å²) in [5.41, 5.74) is -4.21. The molecule has 8 aromatic carbocycles. The minimum atomic E-state index is -6.26. The summed E-state index contributed by atoms with van der Waals surface area (Å²) < 4.78 is 310. The summed E-state index contributed by atoms with van der Waals surface area (Å²) >= 11 is -1.20. The molecular formula is C53H33BN2SSeSi. The second-order valence-electron chi connectivity index (χ2n) is 13.3. The first-order valence-corrected chi connectivity index (χ1v) is 22.1. The maximum absolute atomic E-state index is 11.1. The Morgan fingerprint density at radius 3 is 1.85 bits per heavy atom. The van der Waals surface area contributed by atoms with Crippen molar-refractivity contribution < 1.29 is 45.2 Å². The van der Waals surface area contributed by atoms with Gasteiger partial charge < -0.3 is 0 Å². The fourth-order valence-electron chi connectivity index (χ4n) is 8.19. The summed E-state index contributed by atoms with van der Waals surface area (Å²) in [4.78, 5) is 4.97. The molecular weight excluding hydrogens is 815 g/mol. The first-order chi connectivity index (χ1) is 43.0.